The number of aromatic amines is 1. The van der Waals surface area contributed by atoms with Crippen LogP contribution < -0.4 is 11.2 Å². The monoisotopic (exact) mass is 270 g/mol. The quantitative estimate of drug-likeness (QED) is 0.855. The standard InChI is InChI=1S/C13H19ClN2O2/c1-2-3-8-16-12(17)10(9-6-4-5-7-9)11(14)15-13(16)18/h9H,2-8H2,1H3,(H,15,18). The zero-order valence-corrected chi connectivity index (χ0v) is 11.4. The highest BCUT2D eigenvalue weighted by Crippen LogP contribution is 2.34. The van der Waals surface area contributed by atoms with Gasteiger partial charge in [0.25, 0.3) is 5.56 Å². The summed E-state index contributed by atoms with van der Waals surface area (Å²) >= 11 is 6.05. The lowest BCUT2D eigenvalue weighted by molar-refractivity contribution is 0.566. The van der Waals surface area contributed by atoms with Crippen LogP contribution in [0, 0.1) is 0 Å². The van der Waals surface area contributed by atoms with Crippen molar-refractivity contribution in [2.45, 2.75) is 57.9 Å². The predicted octanol–water partition coefficient (Wildman–Crippen LogP) is 2.65. The lowest BCUT2D eigenvalue weighted by Gasteiger charge is -2.13. The molecular weight excluding hydrogens is 252 g/mol. The summed E-state index contributed by atoms with van der Waals surface area (Å²) in [4.78, 5) is 26.7. The van der Waals surface area contributed by atoms with Gasteiger partial charge in [-0.1, -0.05) is 37.8 Å². The van der Waals surface area contributed by atoms with Gasteiger partial charge in [0.2, 0.25) is 0 Å². The molecule has 0 bridgehead atoms. The molecule has 0 amide bonds. The fraction of sp³-hybridized carbons (Fsp3) is 0.692. The SMILES string of the molecule is CCCCn1c(=O)[nH]c(Cl)c(C2CCCC2)c1=O. The number of aromatic nitrogens is 2. The molecule has 2 rings (SSSR count). The molecule has 100 valence electrons. The van der Waals surface area contributed by atoms with Crippen molar-refractivity contribution in [3.05, 3.63) is 31.6 Å². The van der Waals surface area contributed by atoms with Crippen LogP contribution >= 0.6 is 11.6 Å². The summed E-state index contributed by atoms with van der Waals surface area (Å²) < 4.78 is 1.29. The van der Waals surface area contributed by atoms with Crippen molar-refractivity contribution < 1.29 is 0 Å². The van der Waals surface area contributed by atoms with Crippen molar-refractivity contribution in [2.24, 2.45) is 0 Å². The van der Waals surface area contributed by atoms with E-state index in [9.17, 15) is 9.59 Å². The van der Waals surface area contributed by atoms with Crippen LogP contribution in [0.2, 0.25) is 5.15 Å². The van der Waals surface area contributed by atoms with Crippen molar-refractivity contribution in [3.8, 4) is 0 Å². The molecule has 0 saturated heterocycles. The van der Waals surface area contributed by atoms with Crippen LogP contribution in [0.3, 0.4) is 0 Å². The smallest absolute Gasteiger partial charge is 0.297 e. The molecule has 0 aromatic carbocycles. The van der Waals surface area contributed by atoms with Crippen molar-refractivity contribution in [1.29, 1.82) is 0 Å². The Hall–Kier alpha value is -1.03. The molecule has 0 unspecified atom stereocenters. The Kier molecular flexibility index (Phi) is 4.27. The Morgan fingerprint density at radius 1 is 1.33 bits per heavy atom. The van der Waals surface area contributed by atoms with E-state index in [1.165, 1.54) is 4.57 Å². The predicted molar refractivity (Wildman–Crippen MR) is 72.4 cm³/mol. The summed E-state index contributed by atoms with van der Waals surface area (Å²) in [6.45, 7) is 2.51. The van der Waals surface area contributed by atoms with Gasteiger partial charge in [0, 0.05) is 6.54 Å². The van der Waals surface area contributed by atoms with E-state index in [2.05, 4.69) is 4.98 Å². The van der Waals surface area contributed by atoms with Gasteiger partial charge in [-0.2, -0.15) is 0 Å². The Balaban J connectivity index is 2.45. The fourth-order valence-electron chi connectivity index (χ4n) is 2.65. The largest absolute Gasteiger partial charge is 0.329 e. The molecule has 1 aliphatic rings. The molecule has 1 aliphatic carbocycles. The maximum absolute atomic E-state index is 12.4. The number of nitrogens with one attached hydrogen (secondary N) is 1. The maximum atomic E-state index is 12.4. The molecule has 0 radical (unpaired) electrons. The molecule has 1 aromatic heterocycles. The number of hydrogen-bond acceptors (Lipinski definition) is 2. The number of rotatable bonds is 4. The van der Waals surface area contributed by atoms with Gasteiger partial charge in [-0.05, 0) is 25.2 Å². The van der Waals surface area contributed by atoms with Crippen molar-refractivity contribution >= 4 is 11.6 Å². The van der Waals surface area contributed by atoms with Crippen LogP contribution in [0.4, 0.5) is 0 Å². The second kappa shape index (κ2) is 5.74. The third kappa shape index (κ3) is 2.53. The minimum absolute atomic E-state index is 0.191. The number of halogens is 1. The van der Waals surface area contributed by atoms with Gasteiger partial charge in [-0.15, -0.1) is 0 Å². The molecule has 1 heterocycles. The average Bonchev–Trinajstić information content (AvgIpc) is 2.82. The van der Waals surface area contributed by atoms with E-state index in [1.807, 2.05) is 6.92 Å². The number of unbranched alkanes of at least 4 members (excludes halogenated alkanes) is 1. The van der Waals surface area contributed by atoms with Crippen molar-refractivity contribution in [3.63, 3.8) is 0 Å². The second-order valence-electron chi connectivity index (χ2n) is 4.95. The van der Waals surface area contributed by atoms with Crippen LogP contribution in [-0.2, 0) is 6.54 Å². The van der Waals surface area contributed by atoms with Gasteiger partial charge >= 0.3 is 5.69 Å². The lowest BCUT2D eigenvalue weighted by atomic mass is 10.0. The molecular formula is C13H19ClN2O2. The van der Waals surface area contributed by atoms with Crippen LogP contribution in [0.5, 0.6) is 0 Å². The van der Waals surface area contributed by atoms with E-state index in [4.69, 9.17) is 11.6 Å². The van der Waals surface area contributed by atoms with Gasteiger partial charge in [-0.25, -0.2) is 4.79 Å². The first-order valence-electron chi connectivity index (χ1n) is 6.67. The fourth-order valence-corrected chi connectivity index (χ4v) is 2.96. The van der Waals surface area contributed by atoms with Crippen LogP contribution in [0.25, 0.3) is 0 Å². The van der Waals surface area contributed by atoms with Crippen LogP contribution in [-0.4, -0.2) is 9.55 Å². The molecule has 0 aliphatic heterocycles. The first kappa shape index (κ1) is 13.4. The van der Waals surface area contributed by atoms with E-state index in [0.29, 0.717) is 12.1 Å². The second-order valence-corrected chi connectivity index (χ2v) is 5.33. The van der Waals surface area contributed by atoms with Crippen LogP contribution in [0.15, 0.2) is 9.59 Å². The molecule has 1 saturated carbocycles. The summed E-state index contributed by atoms with van der Waals surface area (Å²) in [7, 11) is 0. The third-order valence-electron chi connectivity index (χ3n) is 3.67. The highest BCUT2D eigenvalue weighted by molar-refractivity contribution is 6.30. The van der Waals surface area contributed by atoms with Crippen molar-refractivity contribution in [1.82, 2.24) is 9.55 Å². The van der Waals surface area contributed by atoms with Gasteiger partial charge in [0.05, 0.1) is 5.56 Å². The zero-order valence-electron chi connectivity index (χ0n) is 10.7. The van der Waals surface area contributed by atoms with E-state index in [0.717, 1.165) is 38.5 Å². The highest BCUT2D eigenvalue weighted by Gasteiger charge is 2.24. The Morgan fingerprint density at radius 3 is 2.61 bits per heavy atom. The summed E-state index contributed by atoms with van der Waals surface area (Å²) in [5, 5.41) is 0.240. The Labute approximate surface area is 111 Å². The molecule has 1 fully saturated rings. The van der Waals surface area contributed by atoms with E-state index in [1.54, 1.807) is 0 Å². The highest BCUT2D eigenvalue weighted by atomic mass is 35.5. The molecule has 1 N–H and O–H groups in total. The van der Waals surface area contributed by atoms with Gasteiger partial charge < -0.3 is 0 Å². The number of H-pyrrole nitrogens is 1. The number of nitrogens with zero attached hydrogens (tertiary/aromatic N) is 1. The minimum atomic E-state index is -0.389. The first-order valence-corrected chi connectivity index (χ1v) is 7.05. The molecule has 0 atom stereocenters. The van der Waals surface area contributed by atoms with Gasteiger partial charge in [-0.3, -0.25) is 14.3 Å². The first-order chi connectivity index (χ1) is 8.65. The summed E-state index contributed by atoms with van der Waals surface area (Å²) in [5.74, 6) is 0.217. The average molecular weight is 271 g/mol. The molecule has 5 heteroatoms. The van der Waals surface area contributed by atoms with E-state index >= 15 is 0 Å². The summed E-state index contributed by atoms with van der Waals surface area (Å²) in [6, 6.07) is 0. The summed E-state index contributed by atoms with van der Waals surface area (Å²) in [6.07, 6.45) is 6.04. The Morgan fingerprint density at radius 2 is 2.00 bits per heavy atom. The maximum Gasteiger partial charge on any atom is 0.329 e. The van der Waals surface area contributed by atoms with E-state index < -0.39 is 0 Å². The normalized spacial score (nSPS) is 16.3. The lowest BCUT2D eigenvalue weighted by Crippen LogP contribution is -2.38. The van der Waals surface area contributed by atoms with Gasteiger partial charge in [0.1, 0.15) is 5.15 Å². The molecule has 0 spiro atoms. The van der Waals surface area contributed by atoms with E-state index in [-0.39, 0.29) is 22.3 Å². The Bertz CT molecular complexity index is 527. The topological polar surface area (TPSA) is 54.9 Å². The van der Waals surface area contributed by atoms with Gasteiger partial charge in [0.15, 0.2) is 0 Å². The zero-order chi connectivity index (χ0) is 13.1. The third-order valence-corrected chi connectivity index (χ3v) is 3.97. The van der Waals surface area contributed by atoms with Crippen LogP contribution in [0.1, 0.15) is 56.9 Å². The molecule has 4 nitrogen and oxygen atoms in total. The van der Waals surface area contributed by atoms with Crippen molar-refractivity contribution in [2.75, 3.05) is 0 Å². The molecule has 1 aromatic rings. The molecule has 18 heavy (non-hydrogen) atoms. The minimum Gasteiger partial charge on any atom is -0.297 e. The summed E-state index contributed by atoms with van der Waals surface area (Å²) in [5.41, 5.74) is 0.0363. The number of hydrogen-bond donors (Lipinski definition) is 1.